The van der Waals surface area contributed by atoms with Crippen LogP contribution in [0.5, 0.6) is 0 Å². The van der Waals surface area contributed by atoms with Crippen molar-refractivity contribution >= 4 is 44.8 Å². The van der Waals surface area contributed by atoms with Gasteiger partial charge in [0, 0.05) is 21.9 Å². The van der Waals surface area contributed by atoms with Crippen LogP contribution in [-0.2, 0) is 0 Å². The van der Waals surface area contributed by atoms with Gasteiger partial charge in [0.2, 0.25) is 0 Å². The second-order valence-electron chi connectivity index (χ2n) is 4.25. The van der Waals surface area contributed by atoms with E-state index in [9.17, 15) is 0 Å². The molecule has 0 aliphatic heterocycles. The summed E-state index contributed by atoms with van der Waals surface area (Å²) in [6, 6.07) is 9.74. The molecule has 3 rings (SSSR count). The molecule has 0 aliphatic rings. The van der Waals surface area contributed by atoms with Crippen molar-refractivity contribution in [2.45, 2.75) is 6.92 Å². The van der Waals surface area contributed by atoms with Crippen molar-refractivity contribution in [3.63, 3.8) is 0 Å². The predicted molar refractivity (Wildman–Crippen MR) is 83.1 cm³/mol. The zero-order valence-electron chi connectivity index (χ0n) is 9.99. The summed E-state index contributed by atoms with van der Waals surface area (Å²) in [5, 5.41) is 1.15. The standard InChI is InChI=1S/C14H9BrCl2N2/c1-8-13(9-2-4-10(15)5-3-9)18-14-12(17)6-11(16)7-19(8)14/h2-7H,1H3. The summed E-state index contributed by atoms with van der Waals surface area (Å²) in [5.41, 5.74) is 3.71. The number of nitrogens with zero attached hydrogens (tertiary/aromatic N) is 2. The molecule has 5 heteroatoms. The number of benzene rings is 1. The Morgan fingerprint density at radius 1 is 1.16 bits per heavy atom. The van der Waals surface area contributed by atoms with Crippen LogP contribution in [-0.4, -0.2) is 9.38 Å². The van der Waals surface area contributed by atoms with Crippen molar-refractivity contribution in [2.75, 3.05) is 0 Å². The Labute approximate surface area is 129 Å². The molecular weight excluding hydrogens is 347 g/mol. The van der Waals surface area contributed by atoms with E-state index in [2.05, 4.69) is 20.9 Å². The number of aromatic nitrogens is 2. The Morgan fingerprint density at radius 3 is 2.53 bits per heavy atom. The highest BCUT2D eigenvalue weighted by molar-refractivity contribution is 9.10. The lowest BCUT2D eigenvalue weighted by Gasteiger charge is -2.00. The Balaban J connectivity index is 2.28. The third-order valence-electron chi connectivity index (χ3n) is 3.00. The topological polar surface area (TPSA) is 17.3 Å². The number of imidazole rings is 1. The molecule has 1 aromatic carbocycles. The fraction of sp³-hybridized carbons (Fsp3) is 0.0714. The van der Waals surface area contributed by atoms with Gasteiger partial charge in [-0.25, -0.2) is 4.98 Å². The lowest BCUT2D eigenvalue weighted by atomic mass is 10.1. The van der Waals surface area contributed by atoms with Crippen LogP contribution < -0.4 is 0 Å². The number of halogens is 3. The summed E-state index contributed by atoms with van der Waals surface area (Å²) >= 11 is 15.6. The first-order chi connectivity index (χ1) is 9.06. The van der Waals surface area contributed by atoms with Crippen molar-refractivity contribution in [1.82, 2.24) is 9.38 Å². The number of pyridine rings is 1. The van der Waals surface area contributed by atoms with Crippen molar-refractivity contribution in [2.24, 2.45) is 0 Å². The average molecular weight is 356 g/mol. The molecule has 0 spiro atoms. The fourth-order valence-electron chi connectivity index (χ4n) is 2.07. The van der Waals surface area contributed by atoms with Crippen LogP contribution in [0.2, 0.25) is 10.0 Å². The zero-order valence-corrected chi connectivity index (χ0v) is 13.1. The minimum absolute atomic E-state index is 0.555. The van der Waals surface area contributed by atoms with Crippen LogP contribution in [0.4, 0.5) is 0 Å². The average Bonchev–Trinajstić information content (AvgIpc) is 2.69. The van der Waals surface area contributed by atoms with E-state index in [0.29, 0.717) is 10.0 Å². The molecule has 0 aliphatic carbocycles. The summed E-state index contributed by atoms with van der Waals surface area (Å²) in [7, 11) is 0. The van der Waals surface area contributed by atoms with Crippen molar-refractivity contribution in [3.05, 3.63) is 56.7 Å². The van der Waals surface area contributed by atoms with E-state index in [0.717, 1.165) is 27.1 Å². The summed E-state index contributed by atoms with van der Waals surface area (Å²) < 4.78 is 2.96. The molecule has 0 amide bonds. The van der Waals surface area contributed by atoms with Crippen LogP contribution in [0, 0.1) is 6.92 Å². The smallest absolute Gasteiger partial charge is 0.156 e. The molecule has 0 fully saturated rings. The minimum atomic E-state index is 0.555. The SMILES string of the molecule is Cc1c(-c2ccc(Br)cc2)nc2c(Cl)cc(Cl)cn12. The Kier molecular flexibility index (Phi) is 3.29. The predicted octanol–water partition coefficient (Wildman–Crippen LogP) is 5.38. The van der Waals surface area contributed by atoms with Gasteiger partial charge in [-0.15, -0.1) is 0 Å². The molecule has 19 heavy (non-hydrogen) atoms. The highest BCUT2D eigenvalue weighted by Crippen LogP contribution is 2.29. The van der Waals surface area contributed by atoms with Crippen LogP contribution in [0.1, 0.15) is 5.69 Å². The zero-order chi connectivity index (χ0) is 13.6. The molecule has 0 saturated heterocycles. The summed E-state index contributed by atoms with van der Waals surface area (Å²) in [6.45, 7) is 2.00. The van der Waals surface area contributed by atoms with E-state index in [-0.39, 0.29) is 0 Å². The van der Waals surface area contributed by atoms with Gasteiger partial charge in [-0.3, -0.25) is 0 Å². The summed E-state index contributed by atoms with van der Waals surface area (Å²) in [6.07, 6.45) is 1.83. The largest absolute Gasteiger partial charge is 0.301 e. The quantitative estimate of drug-likeness (QED) is 0.572. The van der Waals surface area contributed by atoms with Crippen molar-refractivity contribution in [1.29, 1.82) is 0 Å². The number of fused-ring (bicyclic) bond motifs is 1. The molecule has 2 nitrogen and oxygen atoms in total. The van der Waals surface area contributed by atoms with E-state index in [4.69, 9.17) is 23.2 Å². The minimum Gasteiger partial charge on any atom is -0.301 e. The molecule has 0 radical (unpaired) electrons. The lowest BCUT2D eigenvalue weighted by Crippen LogP contribution is -1.88. The van der Waals surface area contributed by atoms with Crippen LogP contribution >= 0.6 is 39.1 Å². The first-order valence-electron chi connectivity index (χ1n) is 5.66. The highest BCUT2D eigenvalue weighted by Gasteiger charge is 2.13. The van der Waals surface area contributed by atoms with E-state index in [1.807, 2.05) is 41.8 Å². The number of aryl methyl sites for hydroxylation is 1. The van der Waals surface area contributed by atoms with E-state index in [1.54, 1.807) is 6.07 Å². The first kappa shape index (κ1) is 13.0. The molecule has 0 saturated carbocycles. The number of rotatable bonds is 1. The molecule has 0 atom stereocenters. The second kappa shape index (κ2) is 4.82. The van der Waals surface area contributed by atoms with Gasteiger partial charge < -0.3 is 4.40 Å². The van der Waals surface area contributed by atoms with E-state index < -0.39 is 0 Å². The normalized spacial score (nSPS) is 11.2. The van der Waals surface area contributed by atoms with Gasteiger partial charge in [0.05, 0.1) is 15.7 Å². The third kappa shape index (κ3) is 2.27. The van der Waals surface area contributed by atoms with Gasteiger partial charge in [0.15, 0.2) is 5.65 Å². The molecule has 0 bridgehead atoms. The maximum Gasteiger partial charge on any atom is 0.156 e. The molecular formula is C14H9BrCl2N2. The molecule has 96 valence electrons. The maximum absolute atomic E-state index is 6.19. The van der Waals surface area contributed by atoms with Gasteiger partial charge in [-0.2, -0.15) is 0 Å². The molecule has 3 aromatic rings. The van der Waals surface area contributed by atoms with Crippen LogP contribution in [0.25, 0.3) is 16.9 Å². The van der Waals surface area contributed by atoms with E-state index in [1.165, 1.54) is 0 Å². The summed E-state index contributed by atoms with van der Waals surface area (Å²) in [5.74, 6) is 0. The van der Waals surface area contributed by atoms with Gasteiger partial charge in [-0.05, 0) is 25.1 Å². The van der Waals surface area contributed by atoms with Gasteiger partial charge in [0.25, 0.3) is 0 Å². The first-order valence-corrected chi connectivity index (χ1v) is 7.21. The van der Waals surface area contributed by atoms with Gasteiger partial charge in [0.1, 0.15) is 0 Å². The van der Waals surface area contributed by atoms with E-state index >= 15 is 0 Å². The maximum atomic E-state index is 6.19. The highest BCUT2D eigenvalue weighted by atomic mass is 79.9. The number of hydrogen-bond acceptors (Lipinski definition) is 1. The van der Waals surface area contributed by atoms with Crippen LogP contribution in [0.3, 0.4) is 0 Å². The van der Waals surface area contributed by atoms with Gasteiger partial charge in [-0.1, -0.05) is 51.3 Å². The molecule has 0 N–H and O–H groups in total. The van der Waals surface area contributed by atoms with Gasteiger partial charge >= 0.3 is 0 Å². The number of hydrogen-bond donors (Lipinski definition) is 0. The molecule has 0 unspecified atom stereocenters. The van der Waals surface area contributed by atoms with Crippen LogP contribution in [0.15, 0.2) is 41.0 Å². The summed E-state index contributed by atoms with van der Waals surface area (Å²) in [4.78, 5) is 4.61. The molecule has 2 aromatic heterocycles. The Hall–Kier alpha value is -1.03. The van der Waals surface area contributed by atoms with Crippen molar-refractivity contribution in [3.8, 4) is 11.3 Å². The lowest BCUT2D eigenvalue weighted by molar-refractivity contribution is 1.11. The molecule has 2 heterocycles. The Morgan fingerprint density at radius 2 is 1.84 bits per heavy atom. The Bertz CT molecular complexity index is 763. The third-order valence-corrected chi connectivity index (χ3v) is 4.01. The monoisotopic (exact) mass is 354 g/mol. The fourth-order valence-corrected chi connectivity index (χ4v) is 2.85. The van der Waals surface area contributed by atoms with Crippen molar-refractivity contribution < 1.29 is 0 Å². The second-order valence-corrected chi connectivity index (χ2v) is 6.01.